The summed E-state index contributed by atoms with van der Waals surface area (Å²) in [6, 6.07) is 6.22. The summed E-state index contributed by atoms with van der Waals surface area (Å²) in [5.74, 6) is -3.20. The van der Waals surface area contributed by atoms with E-state index in [1.165, 1.54) is 12.1 Å². The van der Waals surface area contributed by atoms with Crippen molar-refractivity contribution in [3.05, 3.63) is 30.1 Å². The number of carboxylic acid groups (broad SMARTS) is 1. The zero-order chi connectivity index (χ0) is 16.9. The van der Waals surface area contributed by atoms with Gasteiger partial charge in [0.15, 0.2) is 6.54 Å². The van der Waals surface area contributed by atoms with Gasteiger partial charge in [0.2, 0.25) is 0 Å². The van der Waals surface area contributed by atoms with E-state index in [-0.39, 0.29) is 17.8 Å². The number of amides is 1. The first-order chi connectivity index (χ1) is 10.1. The monoisotopic (exact) mass is 322 g/mol. The summed E-state index contributed by atoms with van der Waals surface area (Å²) in [5, 5.41) is 10.8. The van der Waals surface area contributed by atoms with Crippen LogP contribution in [0.3, 0.4) is 0 Å². The molecule has 2 rings (SSSR count). The molecule has 5 nitrogen and oxygen atoms in total. The van der Waals surface area contributed by atoms with Crippen LogP contribution in [-0.4, -0.2) is 37.2 Å². The maximum Gasteiger partial charge on any atom is 0.430 e. The number of carbonyl (C=O) groups excluding carboxylic acids is 2. The Morgan fingerprint density at radius 3 is 2.23 bits per heavy atom. The van der Waals surface area contributed by atoms with Gasteiger partial charge in [-0.2, -0.15) is 13.2 Å². The third-order valence-corrected chi connectivity index (χ3v) is 2.87. The molecule has 1 aliphatic heterocycles. The van der Waals surface area contributed by atoms with Gasteiger partial charge in [0.05, 0.1) is 12.6 Å². The first-order valence-corrected chi connectivity index (χ1v) is 6.30. The van der Waals surface area contributed by atoms with E-state index in [1.807, 2.05) is 12.2 Å². The smallest absolute Gasteiger partial charge is 0.430 e. The highest BCUT2D eigenvalue weighted by Crippen LogP contribution is 2.18. The third-order valence-electron chi connectivity index (χ3n) is 2.87. The summed E-state index contributed by atoms with van der Waals surface area (Å²) in [6.45, 7) is 3.36. The van der Waals surface area contributed by atoms with E-state index in [9.17, 15) is 22.4 Å². The standard InChI is InChI=1S/C11H13FN2O.C2HF3O2/c1-8-6-13-7-11(15)14(8)10-4-2-9(12)3-5-10;3-2(4,5)1(6)7/h2-5,8,13H,6-7H2,1H3;(H,6,7). The fourth-order valence-electron chi connectivity index (χ4n) is 1.90. The van der Waals surface area contributed by atoms with Gasteiger partial charge in [-0.15, -0.1) is 0 Å². The molecule has 0 radical (unpaired) electrons. The fraction of sp³-hybridized carbons (Fsp3) is 0.385. The number of nitrogens with zero attached hydrogens (tertiary/aromatic N) is 1. The molecular formula is C13H14F4N2O3. The molecule has 0 bridgehead atoms. The lowest BCUT2D eigenvalue weighted by Gasteiger charge is -2.31. The van der Waals surface area contributed by atoms with Gasteiger partial charge in [-0.25, -0.2) is 4.39 Å². The number of piperazine rings is 1. The second kappa shape index (κ2) is 7.21. The summed E-state index contributed by atoms with van der Waals surface area (Å²) in [5.41, 5.74) is 0.780. The van der Waals surface area contributed by atoms with Crippen molar-refractivity contribution in [2.45, 2.75) is 19.1 Å². The number of halogens is 4. The van der Waals surface area contributed by atoms with E-state index < -0.39 is 12.1 Å². The first kappa shape index (κ1) is 17.9. The van der Waals surface area contributed by atoms with Crippen LogP contribution in [0.25, 0.3) is 0 Å². The molecule has 9 heteroatoms. The SMILES string of the molecule is CC1C[NH2+]CC(=O)N1c1ccc(F)cc1.O=C([O-])C(F)(F)F. The Morgan fingerprint density at radius 2 is 1.82 bits per heavy atom. The van der Waals surface area contributed by atoms with Crippen LogP contribution in [0.5, 0.6) is 0 Å². The fourth-order valence-corrected chi connectivity index (χ4v) is 1.90. The van der Waals surface area contributed by atoms with Crippen LogP contribution < -0.4 is 15.3 Å². The van der Waals surface area contributed by atoms with Crippen LogP contribution >= 0.6 is 0 Å². The average Bonchev–Trinajstić information content (AvgIpc) is 2.40. The Morgan fingerprint density at radius 1 is 1.32 bits per heavy atom. The molecule has 122 valence electrons. The first-order valence-electron chi connectivity index (χ1n) is 6.30. The highest BCUT2D eigenvalue weighted by Gasteiger charge is 2.29. The molecule has 1 aromatic carbocycles. The maximum atomic E-state index is 12.7. The van der Waals surface area contributed by atoms with E-state index in [0.717, 1.165) is 12.2 Å². The topological polar surface area (TPSA) is 77.0 Å². The van der Waals surface area contributed by atoms with Crippen molar-refractivity contribution < 1.29 is 37.6 Å². The van der Waals surface area contributed by atoms with Crippen molar-refractivity contribution in [3.8, 4) is 0 Å². The maximum absolute atomic E-state index is 12.7. The van der Waals surface area contributed by atoms with Gasteiger partial charge in [-0.3, -0.25) is 9.69 Å². The Kier molecular flexibility index (Phi) is 5.86. The third kappa shape index (κ3) is 4.99. The number of hydrogen-bond donors (Lipinski definition) is 1. The van der Waals surface area contributed by atoms with Crippen LogP contribution in [-0.2, 0) is 9.59 Å². The van der Waals surface area contributed by atoms with E-state index in [1.54, 1.807) is 17.0 Å². The van der Waals surface area contributed by atoms with Gasteiger partial charge in [0.1, 0.15) is 11.8 Å². The molecule has 1 unspecified atom stereocenters. The van der Waals surface area contributed by atoms with Crippen LogP contribution in [0.4, 0.5) is 23.2 Å². The highest BCUT2D eigenvalue weighted by molar-refractivity contribution is 5.95. The Balaban J connectivity index is 0.000000295. The summed E-state index contributed by atoms with van der Waals surface area (Å²) < 4.78 is 44.3. The predicted molar refractivity (Wildman–Crippen MR) is 66.1 cm³/mol. The van der Waals surface area contributed by atoms with Crippen molar-refractivity contribution in [2.75, 3.05) is 18.0 Å². The normalized spacial score (nSPS) is 18.5. The number of alkyl halides is 3. The van der Waals surface area contributed by atoms with Crippen LogP contribution in [0.15, 0.2) is 24.3 Å². The Labute approximate surface area is 123 Å². The van der Waals surface area contributed by atoms with Gasteiger partial charge < -0.3 is 15.2 Å². The van der Waals surface area contributed by atoms with E-state index in [0.29, 0.717) is 6.54 Å². The molecule has 1 atom stereocenters. The van der Waals surface area contributed by atoms with Crippen molar-refractivity contribution in [1.82, 2.24) is 0 Å². The highest BCUT2D eigenvalue weighted by atomic mass is 19.4. The van der Waals surface area contributed by atoms with Crippen molar-refractivity contribution in [1.29, 1.82) is 0 Å². The molecule has 1 aromatic rings. The van der Waals surface area contributed by atoms with Gasteiger partial charge in [-0.05, 0) is 31.2 Å². The minimum Gasteiger partial charge on any atom is -0.542 e. The molecule has 0 aliphatic carbocycles. The van der Waals surface area contributed by atoms with Crippen molar-refractivity contribution >= 4 is 17.6 Å². The molecule has 1 fully saturated rings. The Hall–Kier alpha value is -2.16. The van der Waals surface area contributed by atoms with Gasteiger partial charge in [0, 0.05) is 5.69 Å². The lowest BCUT2D eigenvalue weighted by Crippen LogP contribution is -2.92. The van der Waals surface area contributed by atoms with Gasteiger partial charge in [0.25, 0.3) is 5.91 Å². The predicted octanol–water partition coefficient (Wildman–Crippen LogP) is -0.577. The van der Waals surface area contributed by atoms with Crippen LogP contribution in [0.1, 0.15) is 6.92 Å². The summed E-state index contributed by atoms with van der Waals surface area (Å²) >= 11 is 0. The van der Waals surface area contributed by atoms with E-state index >= 15 is 0 Å². The largest absolute Gasteiger partial charge is 0.542 e. The Bertz CT molecular complexity index is 531. The lowest BCUT2D eigenvalue weighted by molar-refractivity contribution is -0.649. The number of hydrogen-bond acceptors (Lipinski definition) is 3. The van der Waals surface area contributed by atoms with Gasteiger partial charge in [-0.1, -0.05) is 0 Å². The van der Waals surface area contributed by atoms with E-state index in [4.69, 9.17) is 9.90 Å². The van der Waals surface area contributed by atoms with Crippen molar-refractivity contribution in [3.63, 3.8) is 0 Å². The number of quaternary nitrogens is 1. The number of aliphatic carboxylic acids is 1. The van der Waals surface area contributed by atoms with Crippen LogP contribution in [0.2, 0.25) is 0 Å². The molecule has 22 heavy (non-hydrogen) atoms. The number of carboxylic acids is 1. The molecule has 1 heterocycles. The minimum atomic E-state index is -5.19. The van der Waals surface area contributed by atoms with E-state index in [2.05, 4.69) is 0 Å². The number of nitrogens with two attached hydrogens (primary N) is 1. The average molecular weight is 322 g/mol. The number of benzene rings is 1. The summed E-state index contributed by atoms with van der Waals surface area (Å²) in [7, 11) is 0. The number of carbonyl (C=O) groups is 2. The quantitative estimate of drug-likeness (QED) is 0.703. The molecule has 2 N–H and O–H groups in total. The lowest BCUT2D eigenvalue weighted by atomic mass is 10.1. The summed E-state index contributed by atoms with van der Waals surface area (Å²) in [6.07, 6.45) is -5.19. The summed E-state index contributed by atoms with van der Waals surface area (Å²) in [4.78, 5) is 22.2. The number of anilines is 1. The minimum absolute atomic E-state index is 0.0837. The zero-order valence-electron chi connectivity index (χ0n) is 11.6. The zero-order valence-corrected chi connectivity index (χ0v) is 11.6. The number of rotatable bonds is 1. The molecular weight excluding hydrogens is 308 g/mol. The van der Waals surface area contributed by atoms with Crippen LogP contribution in [0, 0.1) is 5.82 Å². The molecule has 1 aliphatic rings. The molecule has 1 amide bonds. The molecule has 0 spiro atoms. The molecule has 0 saturated carbocycles. The van der Waals surface area contributed by atoms with Gasteiger partial charge >= 0.3 is 6.18 Å². The van der Waals surface area contributed by atoms with Crippen molar-refractivity contribution in [2.24, 2.45) is 0 Å². The molecule has 0 aromatic heterocycles. The molecule has 1 saturated heterocycles. The second-order valence-electron chi connectivity index (χ2n) is 4.60. The second-order valence-corrected chi connectivity index (χ2v) is 4.60.